The average Bonchev–Trinajstić information content (AvgIpc) is 2.77. The van der Waals surface area contributed by atoms with Gasteiger partial charge < -0.3 is 4.90 Å². The molecule has 1 heterocycles. The third-order valence-corrected chi connectivity index (χ3v) is 5.08. The summed E-state index contributed by atoms with van der Waals surface area (Å²) in [5.74, 6) is -0.486. The van der Waals surface area contributed by atoms with Crippen molar-refractivity contribution in [3.8, 4) is 0 Å². The van der Waals surface area contributed by atoms with Gasteiger partial charge in [-0.05, 0) is 18.6 Å². The molecule has 1 N–H and O–H groups in total. The highest BCUT2D eigenvalue weighted by atomic mass is 32.2. The van der Waals surface area contributed by atoms with Crippen molar-refractivity contribution in [3.05, 3.63) is 35.4 Å². The lowest BCUT2D eigenvalue weighted by molar-refractivity contribution is -0.139. The summed E-state index contributed by atoms with van der Waals surface area (Å²) in [6.07, 6.45) is -4.55. The average molecular weight is 350 g/mol. The maximum Gasteiger partial charge on any atom is 0.416 e. The molecule has 5 nitrogen and oxygen atoms in total. The van der Waals surface area contributed by atoms with Crippen LogP contribution in [0.15, 0.2) is 24.3 Å². The number of nitrogens with one attached hydrogen (secondary N) is 1. The van der Waals surface area contributed by atoms with Gasteiger partial charge in [0.25, 0.3) is 0 Å². The lowest BCUT2D eigenvalue weighted by Gasteiger charge is -2.20. The molecule has 9 heteroatoms. The number of carbonyl (C=O) groups is 1. The minimum absolute atomic E-state index is 0.00708. The normalized spacial score (nSPS) is 19.4. The second-order valence-electron chi connectivity index (χ2n) is 5.35. The maximum absolute atomic E-state index is 13.0. The summed E-state index contributed by atoms with van der Waals surface area (Å²) >= 11 is 0. The van der Waals surface area contributed by atoms with Gasteiger partial charge in [0.2, 0.25) is 15.9 Å². The van der Waals surface area contributed by atoms with Crippen LogP contribution < -0.4 is 4.72 Å². The van der Waals surface area contributed by atoms with Crippen molar-refractivity contribution < 1.29 is 26.4 Å². The Hall–Kier alpha value is -1.61. The van der Waals surface area contributed by atoms with Gasteiger partial charge >= 0.3 is 6.18 Å². The summed E-state index contributed by atoms with van der Waals surface area (Å²) in [6.45, 7) is 1.33. The van der Waals surface area contributed by atoms with Crippen LogP contribution in [0.4, 0.5) is 13.2 Å². The number of alkyl halides is 3. The Morgan fingerprint density at radius 2 is 1.96 bits per heavy atom. The molecule has 1 aromatic carbocycles. The number of carbonyl (C=O) groups excluding carboxylic acids is 1. The van der Waals surface area contributed by atoms with Crippen LogP contribution in [-0.2, 0) is 27.5 Å². The van der Waals surface area contributed by atoms with E-state index >= 15 is 0 Å². The van der Waals surface area contributed by atoms with Gasteiger partial charge in [0.15, 0.2) is 0 Å². The Morgan fingerprint density at radius 1 is 1.30 bits per heavy atom. The highest BCUT2D eigenvalue weighted by Gasteiger charge is 2.36. The van der Waals surface area contributed by atoms with E-state index < -0.39 is 27.8 Å². The van der Waals surface area contributed by atoms with Crippen LogP contribution in [0.2, 0.25) is 0 Å². The summed E-state index contributed by atoms with van der Waals surface area (Å²) in [5, 5.41) is 0. The molecule has 1 amide bonds. The molecule has 0 saturated carbocycles. The Bertz CT molecular complexity index is 689. The van der Waals surface area contributed by atoms with Crippen molar-refractivity contribution in [1.29, 1.82) is 0 Å². The largest absolute Gasteiger partial charge is 0.416 e. The summed E-state index contributed by atoms with van der Waals surface area (Å²) < 4.78 is 64.3. The zero-order valence-electron chi connectivity index (χ0n) is 12.4. The van der Waals surface area contributed by atoms with Gasteiger partial charge in [-0.2, -0.15) is 13.2 Å². The van der Waals surface area contributed by atoms with Gasteiger partial charge in [-0.25, -0.2) is 13.1 Å². The Kier molecular flexibility index (Phi) is 5.00. The number of likely N-dealkylation sites (tertiary alicyclic amines) is 1. The number of rotatable bonds is 5. The van der Waals surface area contributed by atoms with Crippen molar-refractivity contribution in [1.82, 2.24) is 9.62 Å². The monoisotopic (exact) mass is 350 g/mol. The van der Waals surface area contributed by atoms with Gasteiger partial charge in [-0.3, -0.25) is 4.79 Å². The summed E-state index contributed by atoms with van der Waals surface area (Å²) in [5.41, 5.74) is -0.794. The molecule has 0 spiro atoms. The summed E-state index contributed by atoms with van der Waals surface area (Å²) in [7, 11) is -3.46. The van der Waals surface area contributed by atoms with Crippen molar-refractivity contribution >= 4 is 15.9 Å². The van der Waals surface area contributed by atoms with Crippen LogP contribution in [0.5, 0.6) is 0 Å². The van der Waals surface area contributed by atoms with E-state index in [-0.39, 0.29) is 36.7 Å². The van der Waals surface area contributed by atoms with E-state index in [1.54, 1.807) is 0 Å². The number of nitrogens with zero attached hydrogens (tertiary/aromatic N) is 1. The molecule has 0 bridgehead atoms. The van der Waals surface area contributed by atoms with E-state index in [4.69, 9.17) is 0 Å². The van der Waals surface area contributed by atoms with E-state index in [0.717, 1.165) is 6.07 Å². The minimum atomic E-state index is -4.50. The van der Waals surface area contributed by atoms with E-state index in [9.17, 15) is 26.4 Å². The van der Waals surface area contributed by atoms with Crippen LogP contribution in [-0.4, -0.2) is 37.6 Å². The number of sulfonamides is 1. The highest BCUT2D eigenvalue weighted by Crippen LogP contribution is 2.32. The lowest BCUT2D eigenvalue weighted by Crippen LogP contribution is -2.37. The Balaban J connectivity index is 2.12. The predicted molar refractivity (Wildman–Crippen MR) is 77.9 cm³/mol. The number of hydrogen-bond acceptors (Lipinski definition) is 3. The molecular weight excluding hydrogens is 333 g/mol. The first-order valence-electron chi connectivity index (χ1n) is 7.05. The molecule has 0 aliphatic carbocycles. The number of benzene rings is 1. The van der Waals surface area contributed by atoms with Gasteiger partial charge in [-0.15, -0.1) is 0 Å². The molecule has 0 aromatic heterocycles. The minimum Gasteiger partial charge on any atom is -0.337 e. The molecule has 1 saturated heterocycles. The Morgan fingerprint density at radius 3 is 2.57 bits per heavy atom. The number of amides is 1. The molecule has 1 aromatic rings. The molecule has 1 atom stereocenters. The highest BCUT2D eigenvalue weighted by molar-refractivity contribution is 7.89. The molecule has 0 radical (unpaired) electrons. The van der Waals surface area contributed by atoms with Gasteiger partial charge in [0, 0.05) is 25.6 Å². The summed E-state index contributed by atoms with van der Waals surface area (Å²) in [4.78, 5) is 13.2. The fraction of sp³-hybridized carbons (Fsp3) is 0.500. The first-order chi connectivity index (χ1) is 10.6. The quantitative estimate of drug-likeness (QED) is 0.880. The van der Waals surface area contributed by atoms with Crippen LogP contribution in [0.1, 0.15) is 24.5 Å². The van der Waals surface area contributed by atoms with Gasteiger partial charge in [0.05, 0.1) is 11.3 Å². The third kappa shape index (κ3) is 4.44. The van der Waals surface area contributed by atoms with Crippen molar-refractivity contribution in [2.24, 2.45) is 0 Å². The second kappa shape index (κ2) is 6.48. The fourth-order valence-electron chi connectivity index (χ4n) is 2.48. The molecule has 1 aliphatic rings. The first kappa shape index (κ1) is 17.7. The molecule has 1 aliphatic heterocycles. The smallest absolute Gasteiger partial charge is 0.337 e. The van der Waals surface area contributed by atoms with Crippen molar-refractivity contribution in [2.45, 2.75) is 32.1 Å². The van der Waals surface area contributed by atoms with Gasteiger partial charge in [-0.1, -0.05) is 18.2 Å². The molecule has 2 rings (SSSR count). The third-order valence-electron chi connectivity index (χ3n) is 3.62. The first-order valence-corrected chi connectivity index (χ1v) is 8.70. The summed E-state index contributed by atoms with van der Waals surface area (Å²) in [6, 6.07) is 4.44. The van der Waals surface area contributed by atoms with Crippen LogP contribution in [0.25, 0.3) is 0 Å². The van der Waals surface area contributed by atoms with E-state index in [1.807, 2.05) is 0 Å². The molecular formula is C14H17F3N2O3S. The van der Waals surface area contributed by atoms with Crippen LogP contribution >= 0.6 is 0 Å². The topological polar surface area (TPSA) is 66.5 Å². The predicted octanol–water partition coefficient (Wildman–Crippen LogP) is 1.75. The SMILES string of the molecule is CCS(=O)(=O)N[C@@H]1CC(=O)N(Cc2ccccc2C(F)(F)F)C1. The van der Waals surface area contributed by atoms with E-state index in [1.165, 1.54) is 30.0 Å². The van der Waals surface area contributed by atoms with E-state index in [2.05, 4.69) is 4.72 Å². The van der Waals surface area contributed by atoms with Crippen molar-refractivity contribution in [3.63, 3.8) is 0 Å². The number of hydrogen-bond donors (Lipinski definition) is 1. The van der Waals surface area contributed by atoms with Crippen LogP contribution in [0, 0.1) is 0 Å². The van der Waals surface area contributed by atoms with Gasteiger partial charge in [0.1, 0.15) is 0 Å². The molecule has 23 heavy (non-hydrogen) atoms. The zero-order chi connectivity index (χ0) is 17.3. The number of halogens is 3. The van der Waals surface area contributed by atoms with Crippen LogP contribution in [0.3, 0.4) is 0 Å². The molecule has 1 fully saturated rings. The van der Waals surface area contributed by atoms with Crippen molar-refractivity contribution in [2.75, 3.05) is 12.3 Å². The zero-order valence-corrected chi connectivity index (χ0v) is 13.2. The fourth-order valence-corrected chi connectivity index (χ4v) is 3.31. The molecule has 0 unspecified atom stereocenters. The second-order valence-corrected chi connectivity index (χ2v) is 7.39. The maximum atomic E-state index is 13.0. The Labute approximate surface area is 132 Å². The van der Waals surface area contributed by atoms with E-state index in [0.29, 0.717) is 0 Å². The standard InChI is InChI=1S/C14H17F3N2O3S/c1-2-23(21,22)18-11-7-13(20)19(9-11)8-10-5-3-4-6-12(10)14(15,16)17/h3-6,11,18H,2,7-9H2,1H3/t11-/m1/s1. The molecule has 128 valence electrons. The lowest BCUT2D eigenvalue weighted by atomic mass is 10.1.